The number of rotatable bonds is 5. The minimum atomic E-state index is -0.643. The molecule has 2 aromatic carbocycles. The van der Waals surface area contributed by atoms with E-state index in [2.05, 4.69) is 15.6 Å². The molecule has 0 aliphatic rings. The molecule has 136 valence electrons. The molecular formula is C18H22ClFIN3O. The molecule has 0 bridgehead atoms. The lowest BCUT2D eigenvalue weighted by atomic mass is 10.1. The molecule has 4 nitrogen and oxygen atoms in total. The molecule has 0 amide bonds. The predicted molar refractivity (Wildman–Crippen MR) is 111 cm³/mol. The maximum Gasteiger partial charge on any atom is 0.192 e. The molecule has 0 heterocycles. The fraction of sp³-hybridized carbons (Fsp3) is 0.278. The third kappa shape index (κ3) is 6.70. The summed E-state index contributed by atoms with van der Waals surface area (Å²) in [6.07, 6.45) is 0. The van der Waals surface area contributed by atoms with E-state index in [9.17, 15) is 9.50 Å². The second-order valence-corrected chi connectivity index (χ2v) is 5.83. The van der Waals surface area contributed by atoms with Crippen LogP contribution in [0, 0.1) is 5.82 Å². The zero-order valence-electron chi connectivity index (χ0n) is 14.1. The Morgan fingerprint density at radius 3 is 2.52 bits per heavy atom. The van der Waals surface area contributed by atoms with Crippen LogP contribution in [0.15, 0.2) is 47.5 Å². The van der Waals surface area contributed by atoms with E-state index in [4.69, 9.17) is 11.6 Å². The highest BCUT2D eigenvalue weighted by atomic mass is 127. The number of hydrogen-bond donors (Lipinski definition) is 3. The van der Waals surface area contributed by atoms with E-state index in [-0.39, 0.29) is 35.8 Å². The number of nitrogens with one attached hydrogen (secondary N) is 2. The van der Waals surface area contributed by atoms with Crippen LogP contribution in [-0.2, 0) is 6.54 Å². The molecule has 0 fully saturated rings. The summed E-state index contributed by atoms with van der Waals surface area (Å²) < 4.78 is 13.4. The van der Waals surface area contributed by atoms with Gasteiger partial charge < -0.3 is 15.7 Å². The molecule has 0 saturated heterocycles. The Morgan fingerprint density at radius 1 is 1.24 bits per heavy atom. The third-order valence-corrected chi connectivity index (χ3v) is 3.75. The van der Waals surface area contributed by atoms with Crippen molar-refractivity contribution >= 4 is 41.5 Å². The minimum absolute atomic E-state index is 0. The van der Waals surface area contributed by atoms with E-state index < -0.39 is 5.82 Å². The molecule has 1 atom stereocenters. The molecule has 7 heteroatoms. The van der Waals surface area contributed by atoms with E-state index in [0.717, 1.165) is 5.56 Å². The number of halogens is 3. The maximum atomic E-state index is 13.4. The molecule has 1 unspecified atom stereocenters. The Morgan fingerprint density at radius 2 is 1.92 bits per heavy atom. The lowest BCUT2D eigenvalue weighted by Gasteiger charge is -2.18. The van der Waals surface area contributed by atoms with Gasteiger partial charge >= 0.3 is 0 Å². The van der Waals surface area contributed by atoms with Gasteiger partial charge in [-0.25, -0.2) is 9.38 Å². The SMILES string of the molecule is CCNC(=NCc1ccc(O)c(F)c1)NC(C)c1ccc(Cl)cc1.I. The summed E-state index contributed by atoms with van der Waals surface area (Å²) in [6, 6.07) is 11.9. The number of benzene rings is 2. The Labute approximate surface area is 169 Å². The fourth-order valence-electron chi connectivity index (χ4n) is 2.18. The molecule has 0 radical (unpaired) electrons. The van der Waals surface area contributed by atoms with Gasteiger partial charge in [0.15, 0.2) is 17.5 Å². The summed E-state index contributed by atoms with van der Waals surface area (Å²) in [7, 11) is 0. The minimum Gasteiger partial charge on any atom is -0.505 e. The van der Waals surface area contributed by atoms with Gasteiger partial charge in [0.25, 0.3) is 0 Å². The Balaban J connectivity index is 0.00000312. The van der Waals surface area contributed by atoms with Crippen molar-refractivity contribution in [2.75, 3.05) is 6.54 Å². The Hall–Kier alpha value is -1.54. The summed E-state index contributed by atoms with van der Waals surface area (Å²) in [4.78, 5) is 4.46. The Bertz CT molecular complexity index is 710. The first-order chi connectivity index (χ1) is 11.5. The van der Waals surface area contributed by atoms with Gasteiger partial charge in [0.05, 0.1) is 12.6 Å². The molecular weight excluding hydrogens is 456 g/mol. The van der Waals surface area contributed by atoms with Gasteiger partial charge in [-0.3, -0.25) is 0 Å². The number of aromatic hydroxyl groups is 1. The number of guanidine groups is 1. The van der Waals surface area contributed by atoms with Crippen LogP contribution >= 0.6 is 35.6 Å². The highest BCUT2D eigenvalue weighted by Crippen LogP contribution is 2.17. The van der Waals surface area contributed by atoms with E-state index in [1.807, 2.05) is 38.1 Å². The van der Waals surface area contributed by atoms with Crippen LogP contribution in [0.4, 0.5) is 4.39 Å². The molecule has 2 rings (SSSR count). The molecule has 25 heavy (non-hydrogen) atoms. The standard InChI is InChI=1S/C18H21ClFN3O.HI/c1-3-21-18(22-11-13-4-9-17(24)16(20)10-13)23-12(2)14-5-7-15(19)8-6-14;/h4-10,12,24H,3,11H2,1-2H3,(H2,21,22,23);1H. The zero-order chi connectivity index (χ0) is 17.5. The first-order valence-electron chi connectivity index (χ1n) is 7.77. The highest BCUT2D eigenvalue weighted by Gasteiger charge is 2.08. The molecule has 3 N–H and O–H groups in total. The molecule has 0 aliphatic heterocycles. The summed E-state index contributed by atoms with van der Waals surface area (Å²) in [6.45, 7) is 5.02. The summed E-state index contributed by atoms with van der Waals surface area (Å²) in [5.41, 5.74) is 1.77. The van der Waals surface area contributed by atoms with E-state index in [1.54, 1.807) is 6.07 Å². The molecule has 0 aromatic heterocycles. The first kappa shape index (κ1) is 21.5. The van der Waals surface area contributed by atoms with Gasteiger partial charge in [-0.1, -0.05) is 29.8 Å². The van der Waals surface area contributed by atoms with Gasteiger partial charge in [-0.15, -0.1) is 24.0 Å². The van der Waals surface area contributed by atoms with E-state index >= 15 is 0 Å². The average Bonchev–Trinajstić information content (AvgIpc) is 2.56. The number of nitrogens with zero attached hydrogens (tertiary/aromatic N) is 1. The highest BCUT2D eigenvalue weighted by molar-refractivity contribution is 14.0. The van der Waals surface area contributed by atoms with Crippen molar-refractivity contribution in [3.05, 3.63) is 64.4 Å². The first-order valence-corrected chi connectivity index (χ1v) is 8.15. The quantitative estimate of drug-likeness (QED) is 0.335. The van der Waals surface area contributed by atoms with Crippen LogP contribution in [0.25, 0.3) is 0 Å². The van der Waals surface area contributed by atoms with Crippen molar-refractivity contribution in [3.63, 3.8) is 0 Å². The summed E-state index contributed by atoms with van der Waals surface area (Å²) in [5, 5.41) is 16.4. The predicted octanol–water partition coefficient (Wildman–Crippen LogP) is 4.62. The summed E-state index contributed by atoms with van der Waals surface area (Å²) in [5.74, 6) is -0.368. The van der Waals surface area contributed by atoms with Crippen molar-refractivity contribution in [2.24, 2.45) is 4.99 Å². The molecule has 0 aliphatic carbocycles. The van der Waals surface area contributed by atoms with Gasteiger partial charge in [-0.05, 0) is 49.2 Å². The largest absolute Gasteiger partial charge is 0.505 e. The number of phenolic OH excluding ortho intramolecular Hbond substituents is 1. The molecule has 0 spiro atoms. The van der Waals surface area contributed by atoms with Crippen molar-refractivity contribution < 1.29 is 9.50 Å². The second kappa shape index (κ2) is 10.5. The third-order valence-electron chi connectivity index (χ3n) is 3.50. The molecule has 2 aromatic rings. The average molecular weight is 478 g/mol. The Kier molecular flexibility index (Phi) is 8.99. The normalized spacial score (nSPS) is 12.2. The lowest BCUT2D eigenvalue weighted by Crippen LogP contribution is -2.38. The summed E-state index contributed by atoms with van der Waals surface area (Å²) >= 11 is 5.91. The maximum absolute atomic E-state index is 13.4. The van der Waals surface area contributed by atoms with Crippen LogP contribution in [0.2, 0.25) is 5.02 Å². The zero-order valence-corrected chi connectivity index (χ0v) is 17.2. The van der Waals surface area contributed by atoms with Crippen LogP contribution in [-0.4, -0.2) is 17.6 Å². The topological polar surface area (TPSA) is 56.7 Å². The lowest BCUT2D eigenvalue weighted by molar-refractivity contribution is 0.432. The fourth-order valence-corrected chi connectivity index (χ4v) is 2.30. The van der Waals surface area contributed by atoms with Crippen molar-refractivity contribution in [1.29, 1.82) is 0 Å². The number of phenols is 1. The van der Waals surface area contributed by atoms with Crippen LogP contribution in [0.3, 0.4) is 0 Å². The van der Waals surface area contributed by atoms with Gasteiger partial charge in [-0.2, -0.15) is 0 Å². The van der Waals surface area contributed by atoms with Crippen LogP contribution in [0.5, 0.6) is 5.75 Å². The second-order valence-electron chi connectivity index (χ2n) is 5.40. The van der Waals surface area contributed by atoms with Gasteiger partial charge in [0.1, 0.15) is 0 Å². The number of hydrogen-bond acceptors (Lipinski definition) is 2. The van der Waals surface area contributed by atoms with Gasteiger partial charge in [0, 0.05) is 11.6 Å². The monoisotopic (exact) mass is 477 g/mol. The van der Waals surface area contributed by atoms with Gasteiger partial charge in [0.2, 0.25) is 0 Å². The van der Waals surface area contributed by atoms with Crippen molar-refractivity contribution in [3.8, 4) is 5.75 Å². The van der Waals surface area contributed by atoms with E-state index in [1.165, 1.54) is 12.1 Å². The number of aliphatic imine (C=N–C) groups is 1. The smallest absolute Gasteiger partial charge is 0.192 e. The van der Waals surface area contributed by atoms with E-state index in [0.29, 0.717) is 29.6 Å². The van der Waals surface area contributed by atoms with Crippen molar-refractivity contribution in [2.45, 2.75) is 26.4 Å². The molecule has 0 saturated carbocycles. The van der Waals surface area contributed by atoms with Crippen LogP contribution in [0.1, 0.15) is 31.0 Å². The van der Waals surface area contributed by atoms with Crippen LogP contribution < -0.4 is 10.6 Å². The van der Waals surface area contributed by atoms with Crippen molar-refractivity contribution in [1.82, 2.24) is 10.6 Å².